The first kappa shape index (κ1) is 17.0. The predicted molar refractivity (Wildman–Crippen MR) is 76.2 cm³/mol. The van der Waals surface area contributed by atoms with Crippen molar-refractivity contribution in [2.24, 2.45) is 11.8 Å². The molecule has 1 N–H and O–H groups in total. The number of nitrogens with one attached hydrogen (secondary N) is 1. The SMILES string of the molecule is CCCNC1CCOCC1CN1CCCC(C(F)(F)F)C1. The third-order valence-corrected chi connectivity index (χ3v) is 4.59. The lowest BCUT2D eigenvalue weighted by molar-refractivity contribution is -0.187. The highest BCUT2D eigenvalue weighted by Gasteiger charge is 2.42. The van der Waals surface area contributed by atoms with E-state index in [0.29, 0.717) is 31.5 Å². The minimum absolute atomic E-state index is 0.153. The Morgan fingerprint density at radius 2 is 2.10 bits per heavy atom. The Balaban J connectivity index is 1.86. The smallest absolute Gasteiger partial charge is 0.381 e. The summed E-state index contributed by atoms with van der Waals surface area (Å²) in [7, 11) is 0. The largest absolute Gasteiger partial charge is 0.393 e. The Hall–Kier alpha value is -0.330. The lowest BCUT2D eigenvalue weighted by atomic mass is 9.92. The number of ether oxygens (including phenoxy) is 1. The van der Waals surface area contributed by atoms with Crippen LogP contribution in [0.15, 0.2) is 0 Å². The van der Waals surface area contributed by atoms with Crippen LogP contribution in [0.3, 0.4) is 0 Å². The van der Waals surface area contributed by atoms with Crippen molar-refractivity contribution in [3.63, 3.8) is 0 Å². The topological polar surface area (TPSA) is 24.5 Å². The van der Waals surface area contributed by atoms with Gasteiger partial charge in [-0.2, -0.15) is 13.2 Å². The van der Waals surface area contributed by atoms with E-state index >= 15 is 0 Å². The Kier molecular flexibility index (Phi) is 6.32. The van der Waals surface area contributed by atoms with Gasteiger partial charge in [-0.3, -0.25) is 0 Å². The standard InChI is InChI=1S/C15H27F3N2O/c1-2-6-19-14-5-8-21-11-12(14)9-20-7-3-4-13(10-20)15(16,17)18/h12-14,19H,2-11H2,1H3. The molecule has 2 heterocycles. The minimum atomic E-state index is -4.05. The molecule has 6 heteroatoms. The number of alkyl halides is 3. The van der Waals surface area contributed by atoms with E-state index in [2.05, 4.69) is 12.2 Å². The van der Waals surface area contributed by atoms with Crippen molar-refractivity contribution in [2.75, 3.05) is 39.4 Å². The van der Waals surface area contributed by atoms with E-state index in [0.717, 1.165) is 32.5 Å². The number of likely N-dealkylation sites (tertiary alicyclic amines) is 1. The molecule has 0 aliphatic carbocycles. The molecule has 3 nitrogen and oxygen atoms in total. The second-order valence-electron chi connectivity index (χ2n) is 6.32. The first-order valence-corrected chi connectivity index (χ1v) is 8.11. The zero-order valence-corrected chi connectivity index (χ0v) is 12.8. The Morgan fingerprint density at radius 1 is 1.29 bits per heavy atom. The maximum Gasteiger partial charge on any atom is 0.393 e. The molecule has 2 saturated heterocycles. The molecule has 0 aromatic heterocycles. The third-order valence-electron chi connectivity index (χ3n) is 4.59. The lowest BCUT2D eigenvalue weighted by Crippen LogP contribution is -2.50. The van der Waals surface area contributed by atoms with Crippen LogP contribution in [0.4, 0.5) is 13.2 Å². The molecule has 3 unspecified atom stereocenters. The van der Waals surface area contributed by atoms with E-state index in [1.54, 1.807) is 0 Å². The lowest BCUT2D eigenvalue weighted by Gasteiger charge is -2.39. The highest BCUT2D eigenvalue weighted by molar-refractivity contribution is 4.85. The number of nitrogens with zero attached hydrogens (tertiary/aromatic N) is 1. The normalized spacial score (nSPS) is 32.3. The monoisotopic (exact) mass is 308 g/mol. The van der Waals surface area contributed by atoms with E-state index in [1.807, 2.05) is 4.90 Å². The fourth-order valence-corrected chi connectivity index (χ4v) is 3.40. The van der Waals surface area contributed by atoms with Crippen LogP contribution < -0.4 is 5.32 Å². The fraction of sp³-hybridized carbons (Fsp3) is 1.00. The van der Waals surface area contributed by atoms with Crippen molar-refractivity contribution < 1.29 is 17.9 Å². The summed E-state index contributed by atoms with van der Waals surface area (Å²) in [6, 6.07) is 0.380. The van der Waals surface area contributed by atoms with Gasteiger partial charge in [0.15, 0.2) is 0 Å². The van der Waals surface area contributed by atoms with Gasteiger partial charge in [-0.1, -0.05) is 6.92 Å². The number of hydrogen-bond acceptors (Lipinski definition) is 3. The van der Waals surface area contributed by atoms with E-state index in [4.69, 9.17) is 4.74 Å². The first-order valence-electron chi connectivity index (χ1n) is 8.11. The zero-order valence-electron chi connectivity index (χ0n) is 12.8. The molecule has 2 aliphatic heterocycles. The van der Waals surface area contributed by atoms with Crippen LogP contribution in [0, 0.1) is 11.8 Å². The van der Waals surface area contributed by atoms with E-state index in [1.165, 1.54) is 0 Å². The molecule has 0 radical (unpaired) electrons. The Labute approximate surface area is 125 Å². The number of halogens is 3. The molecule has 3 atom stereocenters. The van der Waals surface area contributed by atoms with Gasteiger partial charge in [0.25, 0.3) is 0 Å². The van der Waals surface area contributed by atoms with E-state index in [-0.39, 0.29) is 13.0 Å². The van der Waals surface area contributed by atoms with Crippen LogP contribution in [-0.2, 0) is 4.74 Å². The molecule has 0 aromatic carbocycles. The Bertz CT molecular complexity index is 312. The molecule has 2 rings (SSSR count). The van der Waals surface area contributed by atoms with Crippen molar-refractivity contribution in [3.8, 4) is 0 Å². The summed E-state index contributed by atoms with van der Waals surface area (Å²) in [4.78, 5) is 1.99. The summed E-state index contributed by atoms with van der Waals surface area (Å²) in [6.45, 7) is 6.15. The molecule has 124 valence electrons. The van der Waals surface area contributed by atoms with Gasteiger partial charge in [0.1, 0.15) is 0 Å². The van der Waals surface area contributed by atoms with Crippen LogP contribution in [0.5, 0.6) is 0 Å². The summed E-state index contributed by atoms with van der Waals surface area (Å²) < 4.78 is 44.2. The minimum Gasteiger partial charge on any atom is -0.381 e. The van der Waals surface area contributed by atoms with Gasteiger partial charge in [-0.15, -0.1) is 0 Å². The maximum atomic E-state index is 12.9. The van der Waals surface area contributed by atoms with Gasteiger partial charge in [0.2, 0.25) is 0 Å². The summed E-state index contributed by atoms with van der Waals surface area (Å²) in [5, 5.41) is 3.52. The van der Waals surface area contributed by atoms with E-state index < -0.39 is 12.1 Å². The summed E-state index contributed by atoms with van der Waals surface area (Å²) in [5.74, 6) is -0.852. The first-order chi connectivity index (χ1) is 10.0. The summed E-state index contributed by atoms with van der Waals surface area (Å²) in [5.41, 5.74) is 0. The van der Waals surface area contributed by atoms with Crippen molar-refractivity contribution in [1.82, 2.24) is 10.2 Å². The predicted octanol–water partition coefficient (Wildman–Crippen LogP) is 2.67. The number of rotatable bonds is 5. The van der Waals surface area contributed by atoms with Crippen molar-refractivity contribution in [3.05, 3.63) is 0 Å². The fourth-order valence-electron chi connectivity index (χ4n) is 3.40. The molecular formula is C15H27F3N2O. The molecule has 2 fully saturated rings. The molecule has 0 aromatic rings. The van der Waals surface area contributed by atoms with Gasteiger partial charge in [0, 0.05) is 31.7 Å². The Morgan fingerprint density at radius 3 is 2.81 bits per heavy atom. The van der Waals surface area contributed by atoms with Crippen molar-refractivity contribution in [2.45, 2.75) is 44.8 Å². The number of hydrogen-bond donors (Lipinski definition) is 1. The van der Waals surface area contributed by atoms with Gasteiger partial charge in [-0.25, -0.2) is 0 Å². The zero-order chi connectivity index (χ0) is 15.3. The summed E-state index contributed by atoms with van der Waals surface area (Å²) >= 11 is 0. The quantitative estimate of drug-likeness (QED) is 0.845. The molecule has 21 heavy (non-hydrogen) atoms. The van der Waals surface area contributed by atoms with Gasteiger partial charge < -0.3 is 15.0 Å². The van der Waals surface area contributed by atoms with Crippen LogP contribution in [-0.4, -0.2) is 56.5 Å². The second-order valence-corrected chi connectivity index (χ2v) is 6.32. The molecule has 0 amide bonds. The van der Waals surface area contributed by atoms with Gasteiger partial charge in [0.05, 0.1) is 12.5 Å². The highest BCUT2D eigenvalue weighted by Crippen LogP contribution is 2.33. The molecular weight excluding hydrogens is 281 g/mol. The van der Waals surface area contributed by atoms with Crippen LogP contribution >= 0.6 is 0 Å². The second kappa shape index (κ2) is 7.79. The van der Waals surface area contributed by atoms with Gasteiger partial charge in [-0.05, 0) is 38.8 Å². The van der Waals surface area contributed by atoms with Crippen LogP contribution in [0.1, 0.15) is 32.6 Å². The average Bonchev–Trinajstić information content (AvgIpc) is 2.46. The molecule has 0 saturated carbocycles. The van der Waals surface area contributed by atoms with Crippen LogP contribution in [0.2, 0.25) is 0 Å². The maximum absolute atomic E-state index is 12.9. The van der Waals surface area contributed by atoms with E-state index in [9.17, 15) is 13.2 Å². The van der Waals surface area contributed by atoms with Crippen molar-refractivity contribution >= 4 is 0 Å². The van der Waals surface area contributed by atoms with Crippen LogP contribution in [0.25, 0.3) is 0 Å². The van der Waals surface area contributed by atoms with Crippen molar-refractivity contribution in [1.29, 1.82) is 0 Å². The molecule has 2 aliphatic rings. The third kappa shape index (κ3) is 5.11. The van der Waals surface area contributed by atoms with Gasteiger partial charge >= 0.3 is 6.18 Å². The average molecular weight is 308 g/mol. The highest BCUT2D eigenvalue weighted by atomic mass is 19.4. The molecule has 0 bridgehead atoms. The summed E-state index contributed by atoms with van der Waals surface area (Å²) in [6.07, 6.45) is -1.10. The number of piperidine rings is 1. The molecule has 0 spiro atoms.